The van der Waals surface area contributed by atoms with Gasteiger partial charge in [-0.05, 0) is 25.8 Å². The van der Waals surface area contributed by atoms with Crippen molar-refractivity contribution in [1.82, 2.24) is 8.43 Å². The minimum atomic E-state index is 0.794. The Morgan fingerprint density at radius 3 is 2.62 bits per heavy atom. The van der Waals surface area contributed by atoms with Crippen molar-refractivity contribution in [2.75, 3.05) is 19.6 Å². The van der Waals surface area contributed by atoms with Gasteiger partial charge in [0.1, 0.15) is 0 Å². The van der Waals surface area contributed by atoms with Gasteiger partial charge in [-0.1, -0.05) is 19.8 Å². The summed E-state index contributed by atoms with van der Waals surface area (Å²) in [5, 5.41) is 3.65. The van der Waals surface area contributed by atoms with Gasteiger partial charge in [-0.15, -0.1) is 0 Å². The van der Waals surface area contributed by atoms with Crippen LogP contribution < -0.4 is 5.32 Å². The minimum Gasteiger partial charge on any atom is -0.314 e. The minimum absolute atomic E-state index is 0.794. The first-order valence-electron chi connectivity index (χ1n) is 5.47. The molecule has 1 N–H and O–H groups in total. The Morgan fingerprint density at radius 1 is 1.31 bits per heavy atom. The molecule has 0 bridgehead atoms. The number of halogens is 1. The number of nitrogens with one attached hydrogen (secondary N) is 1. The van der Waals surface area contributed by atoms with Crippen LogP contribution in [0.15, 0.2) is 0 Å². The number of piperidine rings is 1. The van der Waals surface area contributed by atoms with E-state index in [1.165, 1.54) is 51.7 Å². The van der Waals surface area contributed by atoms with Crippen molar-refractivity contribution >= 4 is 22.9 Å². The summed E-state index contributed by atoms with van der Waals surface area (Å²) in [6, 6.07) is 0.794. The molecule has 3 heteroatoms. The molecule has 1 saturated heterocycles. The molecule has 0 aromatic heterocycles. The van der Waals surface area contributed by atoms with E-state index in [9.17, 15) is 0 Å². The molecule has 0 unspecified atom stereocenters. The van der Waals surface area contributed by atoms with Gasteiger partial charge in [0.15, 0.2) is 0 Å². The maximum atomic E-state index is 3.65. The summed E-state index contributed by atoms with van der Waals surface area (Å²) in [5.74, 6) is 0. The smallest absolute Gasteiger partial charge is 0.0201 e. The lowest BCUT2D eigenvalue weighted by Crippen LogP contribution is -2.39. The number of hydrogen-bond acceptors (Lipinski definition) is 2. The van der Waals surface area contributed by atoms with Crippen LogP contribution in [-0.4, -0.2) is 28.8 Å². The quantitative estimate of drug-likeness (QED) is 0.476. The van der Waals surface area contributed by atoms with E-state index in [1.807, 2.05) is 0 Å². The lowest BCUT2D eigenvalue weighted by Gasteiger charge is -2.28. The van der Waals surface area contributed by atoms with Crippen LogP contribution in [0, 0.1) is 0 Å². The molecule has 0 spiro atoms. The molecule has 0 aromatic rings. The maximum Gasteiger partial charge on any atom is 0.0201 e. The van der Waals surface area contributed by atoms with Gasteiger partial charge in [0.25, 0.3) is 0 Å². The first-order chi connectivity index (χ1) is 6.33. The third kappa shape index (κ3) is 5.18. The van der Waals surface area contributed by atoms with Gasteiger partial charge in [0.05, 0.1) is 0 Å². The van der Waals surface area contributed by atoms with Gasteiger partial charge in [0, 0.05) is 42.0 Å². The highest BCUT2D eigenvalue weighted by atomic mass is 127. The van der Waals surface area contributed by atoms with Crippen LogP contribution in [0.2, 0.25) is 0 Å². The van der Waals surface area contributed by atoms with Crippen molar-refractivity contribution in [1.29, 1.82) is 0 Å². The molecule has 0 aliphatic carbocycles. The van der Waals surface area contributed by atoms with Crippen molar-refractivity contribution in [3.63, 3.8) is 0 Å². The van der Waals surface area contributed by atoms with Gasteiger partial charge < -0.3 is 5.32 Å². The van der Waals surface area contributed by atoms with E-state index in [-0.39, 0.29) is 0 Å². The topological polar surface area (TPSA) is 15.3 Å². The Labute approximate surface area is 95.9 Å². The van der Waals surface area contributed by atoms with Crippen LogP contribution in [-0.2, 0) is 0 Å². The second kappa shape index (κ2) is 7.01. The Bertz CT molecular complexity index is 122. The molecule has 2 nitrogen and oxygen atoms in total. The fraction of sp³-hybridized carbons (Fsp3) is 1.00. The fourth-order valence-electron chi connectivity index (χ4n) is 1.73. The lowest BCUT2D eigenvalue weighted by atomic mass is 10.1. The molecule has 1 aliphatic rings. The summed E-state index contributed by atoms with van der Waals surface area (Å²) in [6.45, 7) is 5.99. The van der Waals surface area contributed by atoms with Gasteiger partial charge in [-0.2, -0.15) is 0 Å². The summed E-state index contributed by atoms with van der Waals surface area (Å²) in [5.41, 5.74) is 0. The van der Waals surface area contributed by atoms with Crippen LogP contribution in [0.25, 0.3) is 0 Å². The van der Waals surface area contributed by atoms with Crippen molar-refractivity contribution < 1.29 is 0 Å². The van der Waals surface area contributed by atoms with E-state index in [0.29, 0.717) is 0 Å². The van der Waals surface area contributed by atoms with Gasteiger partial charge >= 0.3 is 0 Å². The summed E-state index contributed by atoms with van der Waals surface area (Å²) >= 11 is 2.42. The largest absolute Gasteiger partial charge is 0.314 e. The third-order valence-electron chi connectivity index (χ3n) is 2.65. The number of hydrogen-bond donors (Lipinski definition) is 1. The van der Waals surface area contributed by atoms with Crippen molar-refractivity contribution in [3.05, 3.63) is 0 Å². The lowest BCUT2D eigenvalue weighted by molar-refractivity contribution is 0.324. The highest BCUT2D eigenvalue weighted by molar-refractivity contribution is 14.1. The zero-order chi connectivity index (χ0) is 9.52. The van der Waals surface area contributed by atoms with E-state index in [2.05, 4.69) is 38.2 Å². The SMILES string of the molecule is CCCCCNC1CCN(I)CC1. The van der Waals surface area contributed by atoms with Crippen LogP contribution >= 0.6 is 22.9 Å². The summed E-state index contributed by atoms with van der Waals surface area (Å²) in [6.07, 6.45) is 6.71. The average molecular weight is 296 g/mol. The Hall–Kier alpha value is 0.650. The predicted molar refractivity (Wildman–Crippen MR) is 66.1 cm³/mol. The van der Waals surface area contributed by atoms with Crippen molar-refractivity contribution in [2.45, 2.75) is 45.1 Å². The molecule has 13 heavy (non-hydrogen) atoms. The monoisotopic (exact) mass is 296 g/mol. The molecule has 0 amide bonds. The van der Waals surface area contributed by atoms with E-state index in [1.54, 1.807) is 0 Å². The maximum absolute atomic E-state index is 3.65. The van der Waals surface area contributed by atoms with Crippen LogP contribution in [0.4, 0.5) is 0 Å². The third-order valence-corrected chi connectivity index (χ3v) is 3.62. The first-order valence-corrected chi connectivity index (χ1v) is 6.43. The van der Waals surface area contributed by atoms with E-state index < -0.39 is 0 Å². The summed E-state index contributed by atoms with van der Waals surface area (Å²) in [4.78, 5) is 0. The second-order valence-corrected chi connectivity index (χ2v) is 5.21. The van der Waals surface area contributed by atoms with Gasteiger partial charge in [-0.3, -0.25) is 0 Å². The van der Waals surface area contributed by atoms with Crippen LogP contribution in [0.1, 0.15) is 39.0 Å². The molecule has 0 aromatic carbocycles. The fourth-order valence-corrected chi connectivity index (χ4v) is 2.29. The van der Waals surface area contributed by atoms with E-state index in [4.69, 9.17) is 0 Å². The number of nitrogens with zero attached hydrogens (tertiary/aromatic N) is 1. The molecule has 1 fully saturated rings. The Kier molecular flexibility index (Phi) is 6.32. The molecular formula is C10H21IN2. The zero-order valence-electron chi connectivity index (χ0n) is 8.56. The van der Waals surface area contributed by atoms with Crippen LogP contribution in [0.3, 0.4) is 0 Å². The molecule has 0 saturated carbocycles. The molecule has 0 atom stereocenters. The number of unbranched alkanes of at least 4 members (excludes halogenated alkanes) is 2. The van der Waals surface area contributed by atoms with Crippen molar-refractivity contribution in [3.8, 4) is 0 Å². The predicted octanol–water partition coefficient (Wildman–Crippen LogP) is 2.58. The van der Waals surface area contributed by atoms with Crippen LogP contribution in [0.5, 0.6) is 0 Å². The first kappa shape index (κ1) is 11.7. The molecule has 1 heterocycles. The van der Waals surface area contributed by atoms with Gasteiger partial charge in [0.2, 0.25) is 0 Å². The molecule has 1 rings (SSSR count). The Morgan fingerprint density at radius 2 is 2.00 bits per heavy atom. The highest BCUT2D eigenvalue weighted by Crippen LogP contribution is 2.13. The molecule has 78 valence electrons. The molecule has 0 radical (unpaired) electrons. The summed E-state index contributed by atoms with van der Waals surface area (Å²) in [7, 11) is 0. The summed E-state index contributed by atoms with van der Waals surface area (Å²) < 4.78 is 2.39. The standard InChI is InChI=1S/C10H21IN2/c1-2-3-4-7-12-10-5-8-13(11)9-6-10/h10,12H,2-9H2,1H3. The van der Waals surface area contributed by atoms with Crippen molar-refractivity contribution in [2.24, 2.45) is 0 Å². The number of rotatable bonds is 5. The van der Waals surface area contributed by atoms with E-state index in [0.717, 1.165) is 6.04 Å². The Balaban J connectivity index is 1.96. The zero-order valence-corrected chi connectivity index (χ0v) is 10.7. The second-order valence-electron chi connectivity index (χ2n) is 3.85. The molecular weight excluding hydrogens is 275 g/mol. The highest BCUT2D eigenvalue weighted by Gasteiger charge is 2.15. The average Bonchev–Trinajstić information content (AvgIpc) is 2.15. The van der Waals surface area contributed by atoms with E-state index >= 15 is 0 Å². The molecule has 1 aliphatic heterocycles. The normalized spacial score (nSPS) is 20.8. The van der Waals surface area contributed by atoms with Gasteiger partial charge in [-0.25, -0.2) is 3.11 Å².